The largest absolute Gasteiger partial charge is 0.412 e. The van der Waals surface area contributed by atoms with Crippen molar-refractivity contribution in [2.75, 3.05) is 18.9 Å². The van der Waals surface area contributed by atoms with Crippen LogP contribution in [0.15, 0.2) is 0 Å². The molecule has 25 heavy (non-hydrogen) atoms. The second kappa shape index (κ2) is 8.10. The molecule has 1 rings (SSSR count). The zero-order valence-electron chi connectivity index (χ0n) is 17.4. The summed E-state index contributed by atoms with van der Waals surface area (Å²) in [6, 6.07) is 0.298. The standard InChI is InChI=1S/C17H39NO4SSi2/c1-17(2,3)25(7,8)22-16-10-9-11-18(15(16)14-19)23(20,21)12-13-24(4,5)6/h15-16,19H,9-14H2,1-8H3/t15-,16-/m0/s1. The van der Waals surface area contributed by atoms with Gasteiger partial charge in [-0.25, -0.2) is 8.42 Å². The van der Waals surface area contributed by atoms with Crippen molar-refractivity contribution in [2.24, 2.45) is 0 Å². The van der Waals surface area contributed by atoms with Gasteiger partial charge in [0.2, 0.25) is 10.0 Å². The van der Waals surface area contributed by atoms with E-state index in [-0.39, 0.29) is 23.5 Å². The van der Waals surface area contributed by atoms with E-state index in [2.05, 4.69) is 53.5 Å². The molecular formula is C17H39NO4SSi2. The SMILES string of the molecule is CC(C)(C)[Si](C)(C)O[C@H]1CCCN(S(=O)(=O)CC[Si](C)(C)C)[C@H]1CO. The van der Waals surface area contributed by atoms with Crippen LogP contribution in [-0.2, 0) is 14.4 Å². The summed E-state index contributed by atoms with van der Waals surface area (Å²) < 4.78 is 33.8. The van der Waals surface area contributed by atoms with Gasteiger partial charge < -0.3 is 9.53 Å². The molecule has 0 saturated carbocycles. The first-order chi connectivity index (χ1) is 11.1. The van der Waals surface area contributed by atoms with Crippen LogP contribution in [0, 0.1) is 0 Å². The van der Waals surface area contributed by atoms with Crippen molar-refractivity contribution in [3.05, 3.63) is 0 Å². The van der Waals surface area contributed by atoms with Gasteiger partial charge in [-0.2, -0.15) is 4.31 Å². The third kappa shape index (κ3) is 6.43. The van der Waals surface area contributed by atoms with E-state index in [0.29, 0.717) is 6.54 Å². The lowest BCUT2D eigenvalue weighted by Crippen LogP contribution is -2.57. The smallest absolute Gasteiger partial charge is 0.214 e. The molecule has 5 nitrogen and oxygen atoms in total. The molecule has 150 valence electrons. The Morgan fingerprint density at radius 1 is 1.16 bits per heavy atom. The highest BCUT2D eigenvalue weighted by Crippen LogP contribution is 2.39. The average molecular weight is 410 g/mol. The molecule has 1 fully saturated rings. The summed E-state index contributed by atoms with van der Waals surface area (Å²) in [6.45, 7) is 17.8. The molecule has 0 aromatic heterocycles. The molecule has 8 heteroatoms. The first kappa shape index (κ1) is 23.3. The van der Waals surface area contributed by atoms with Gasteiger partial charge in [0.15, 0.2) is 8.32 Å². The van der Waals surface area contributed by atoms with E-state index in [1.807, 2.05) is 0 Å². The molecule has 0 radical (unpaired) electrons. The van der Waals surface area contributed by atoms with E-state index in [0.717, 1.165) is 18.9 Å². The monoisotopic (exact) mass is 409 g/mol. The molecule has 1 N–H and O–H groups in total. The number of aliphatic hydroxyl groups is 1. The lowest BCUT2D eigenvalue weighted by molar-refractivity contribution is 0.0300. The van der Waals surface area contributed by atoms with E-state index in [9.17, 15) is 13.5 Å². The van der Waals surface area contributed by atoms with Gasteiger partial charge in [-0.1, -0.05) is 40.4 Å². The predicted octanol–water partition coefficient (Wildman–Crippen LogP) is 3.50. The Bertz CT molecular complexity index is 538. The third-order valence-corrected chi connectivity index (χ3v) is 14.1. The highest BCUT2D eigenvalue weighted by Gasteiger charge is 2.45. The van der Waals surface area contributed by atoms with Crippen LogP contribution in [-0.4, -0.2) is 65.3 Å². The normalized spacial score (nSPS) is 24.5. The average Bonchev–Trinajstić information content (AvgIpc) is 2.42. The first-order valence-corrected chi connectivity index (χ1v) is 17.6. The second-order valence-electron chi connectivity index (χ2n) is 10.0. The number of rotatable bonds is 7. The minimum Gasteiger partial charge on any atom is -0.412 e. The molecule has 0 aromatic carbocycles. The minimum atomic E-state index is -3.36. The van der Waals surface area contributed by atoms with Gasteiger partial charge in [0, 0.05) is 14.6 Å². The molecule has 0 aromatic rings. The Hall–Kier alpha value is 0.264. The van der Waals surface area contributed by atoms with E-state index < -0.39 is 32.5 Å². The van der Waals surface area contributed by atoms with E-state index in [1.54, 1.807) is 0 Å². The van der Waals surface area contributed by atoms with Crippen LogP contribution >= 0.6 is 0 Å². The molecule has 0 amide bonds. The number of sulfonamides is 1. The van der Waals surface area contributed by atoms with Gasteiger partial charge in [0.1, 0.15) is 0 Å². The van der Waals surface area contributed by atoms with Crippen LogP contribution in [0.5, 0.6) is 0 Å². The van der Waals surface area contributed by atoms with Crippen molar-refractivity contribution in [3.8, 4) is 0 Å². The summed E-state index contributed by atoms with van der Waals surface area (Å²) in [5.74, 6) is 0.187. The molecular weight excluding hydrogens is 370 g/mol. The van der Waals surface area contributed by atoms with E-state index >= 15 is 0 Å². The Morgan fingerprint density at radius 2 is 1.72 bits per heavy atom. The quantitative estimate of drug-likeness (QED) is 0.654. The Morgan fingerprint density at radius 3 is 2.16 bits per heavy atom. The van der Waals surface area contributed by atoms with Gasteiger partial charge in [-0.05, 0) is 37.0 Å². The highest BCUT2D eigenvalue weighted by atomic mass is 32.2. The molecule has 1 aliphatic heterocycles. The molecule has 1 heterocycles. The first-order valence-electron chi connectivity index (χ1n) is 9.39. The molecule has 1 aliphatic rings. The number of hydrogen-bond acceptors (Lipinski definition) is 4. The molecule has 0 bridgehead atoms. The summed E-state index contributed by atoms with van der Waals surface area (Å²) >= 11 is 0. The summed E-state index contributed by atoms with van der Waals surface area (Å²) in [4.78, 5) is 0. The number of hydrogen-bond donors (Lipinski definition) is 1. The fraction of sp³-hybridized carbons (Fsp3) is 1.00. The van der Waals surface area contributed by atoms with Crippen LogP contribution in [0.3, 0.4) is 0 Å². The van der Waals surface area contributed by atoms with Gasteiger partial charge >= 0.3 is 0 Å². The topological polar surface area (TPSA) is 66.8 Å². The van der Waals surface area contributed by atoms with Crippen molar-refractivity contribution in [3.63, 3.8) is 0 Å². The molecule has 0 unspecified atom stereocenters. The number of aliphatic hydroxyl groups excluding tert-OH is 1. The van der Waals surface area contributed by atoms with Gasteiger partial charge in [-0.3, -0.25) is 0 Å². The molecule has 0 spiro atoms. The van der Waals surface area contributed by atoms with Crippen LogP contribution in [0.1, 0.15) is 33.6 Å². The van der Waals surface area contributed by atoms with Gasteiger partial charge in [-0.15, -0.1) is 0 Å². The minimum absolute atomic E-state index is 0.0615. The third-order valence-electron chi connectivity index (χ3n) is 5.57. The second-order valence-corrected chi connectivity index (χ2v) is 22.5. The highest BCUT2D eigenvalue weighted by molar-refractivity contribution is 7.89. The summed E-state index contributed by atoms with van der Waals surface area (Å²) in [5.41, 5.74) is 0. The van der Waals surface area contributed by atoms with Crippen LogP contribution < -0.4 is 0 Å². The van der Waals surface area contributed by atoms with Gasteiger partial charge in [0.05, 0.1) is 24.5 Å². The Kier molecular flexibility index (Phi) is 7.55. The van der Waals surface area contributed by atoms with Crippen LogP contribution in [0.25, 0.3) is 0 Å². The number of piperidine rings is 1. The maximum atomic E-state index is 12.9. The van der Waals surface area contributed by atoms with Crippen molar-refractivity contribution in [1.82, 2.24) is 4.31 Å². The fourth-order valence-electron chi connectivity index (χ4n) is 2.79. The van der Waals surface area contributed by atoms with Crippen molar-refractivity contribution < 1.29 is 18.0 Å². The molecule has 0 aliphatic carbocycles. The zero-order valence-corrected chi connectivity index (χ0v) is 20.2. The lowest BCUT2D eigenvalue weighted by atomic mass is 10.0. The van der Waals surface area contributed by atoms with Crippen molar-refractivity contribution in [1.29, 1.82) is 0 Å². The van der Waals surface area contributed by atoms with E-state index in [4.69, 9.17) is 4.43 Å². The van der Waals surface area contributed by atoms with Crippen molar-refractivity contribution >= 4 is 26.4 Å². The van der Waals surface area contributed by atoms with Crippen molar-refractivity contribution in [2.45, 2.75) is 89.6 Å². The summed E-state index contributed by atoms with van der Waals surface area (Å²) in [5, 5.41) is 10.0. The Balaban J connectivity index is 2.96. The molecule has 2 atom stereocenters. The number of nitrogens with zero attached hydrogens (tertiary/aromatic N) is 1. The predicted molar refractivity (Wildman–Crippen MR) is 111 cm³/mol. The lowest BCUT2D eigenvalue weighted by Gasteiger charge is -2.45. The Labute approximate surface area is 157 Å². The van der Waals surface area contributed by atoms with Gasteiger partial charge in [0.25, 0.3) is 0 Å². The summed E-state index contributed by atoms with van der Waals surface area (Å²) in [6.07, 6.45) is 1.40. The fourth-order valence-corrected chi connectivity index (χ4v) is 8.91. The molecule has 1 saturated heterocycles. The maximum absolute atomic E-state index is 12.9. The van der Waals surface area contributed by atoms with Crippen LogP contribution in [0.2, 0.25) is 43.8 Å². The summed E-state index contributed by atoms with van der Waals surface area (Å²) in [7, 11) is -6.81. The maximum Gasteiger partial charge on any atom is 0.214 e. The van der Waals surface area contributed by atoms with Crippen LogP contribution in [0.4, 0.5) is 0 Å². The van der Waals surface area contributed by atoms with E-state index in [1.165, 1.54) is 4.31 Å². The zero-order chi connectivity index (χ0) is 19.7.